The van der Waals surface area contributed by atoms with Crippen LogP contribution in [-0.2, 0) is 0 Å². The Bertz CT molecular complexity index is 558. The van der Waals surface area contributed by atoms with E-state index in [2.05, 4.69) is 36.0 Å². The van der Waals surface area contributed by atoms with Crippen molar-refractivity contribution in [3.05, 3.63) is 40.5 Å². The van der Waals surface area contributed by atoms with Crippen LogP contribution in [0.1, 0.15) is 37.7 Å². The summed E-state index contributed by atoms with van der Waals surface area (Å²) in [5, 5.41) is 27.6. The van der Waals surface area contributed by atoms with Crippen molar-refractivity contribution in [2.45, 2.75) is 44.2 Å². The molecule has 1 aromatic rings. The van der Waals surface area contributed by atoms with Crippen LogP contribution < -0.4 is 0 Å². The monoisotopic (exact) mass is 578 g/mol. The second-order valence-electron chi connectivity index (χ2n) is 6.33. The number of hydrogen-bond acceptors (Lipinski definition) is 2. The first-order valence-corrected chi connectivity index (χ1v) is 21.4. The van der Waals surface area contributed by atoms with Gasteiger partial charge in [-0.3, -0.25) is 0 Å². The summed E-state index contributed by atoms with van der Waals surface area (Å²) in [6.45, 7) is 1.66. The number of phenols is 1. The van der Waals surface area contributed by atoms with Crippen LogP contribution in [0, 0.1) is 5.92 Å². The fraction of sp³-hybridized carbons (Fsp3) is 0.556. The molecule has 1 aromatic carbocycles. The van der Waals surface area contributed by atoms with Crippen LogP contribution in [0.25, 0.3) is 16.7 Å². The zero-order valence-electron chi connectivity index (χ0n) is 14.1. The van der Waals surface area contributed by atoms with Gasteiger partial charge in [0.05, 0.1) is 0 Å². The van der Waals surface area contributed by atoms with E-state index in [1.807, 2.05) is 24.3 Å². The SMILES string of the molecule is OC1CCCC2CCC[N-]C12.Oc1cccc2c1[N-]CC=C2.[Br][Sn+2][Br]. The number of aromatic hydroxyl groups is 1. The third-order valence-corrected chi connectivity index (χ3v) is 4.72. The number of aliphatic hydroxyl groups is 1. The number of nitrogens with zero attached hydrogens (tertiary/aromatic N) is 2. The molecule has 2 aliphatic heterocycles. The molecule has 4 nitrogen and oxygen atoms in total. The van der Waals surface area contributed by atoms with Gasteiger partial charge in [-0.2, -0.15) is 0 Å². The minimum atomic E-state index is -0.145. The van der Waals surface area contributed by atoms with E-state index in [0.29, 0.717) is 18.5 Å². The number of fused-ring (bicyclic) bond motifs is 2. The predicted octanol–water partition coefficient (Wildman–Crippen LogP) is 5.42. The first kappa shape index (κ1) is 21.5. The number of para-hydroxylation sites is 1. The first-order chi connectivity index (χ1) is 12.2. The number of rotatable bonds is 0. The molecule has 0 radical (unpaired) electrons. The third-order valence-electron chi connectivity index (χ3n) is 4.72. The van der Waals surface area contributed by atoms with E-state index >= 15 is 0 Å². The quantitative estimate of drug-likeness (QED) is 0.404. The Morgan fingerprint density at radius 1 is 1.12 bits per heavy atom. The second-order valence-corrected chi connectivity index (χ2v) is 19.2. The van der Waals surface area contributed by atoms with Gasteiger partial charge in [0, 0.05) is 6.10 Å². The molecule has 7 heteroatoms. The molecule has 3 aliphatic rings. The summed E-state index contributed by atoms with van der Waals surface area (Å²) in [4.78, 5) is 0. The molecule has 2 fully saturated rings. The molecule has 0 aromatic heterocycles. The van der Waals surface area contributed by atoms with Crippen molar-refractivity contribution in [3.8, 4) is 5.75 Å². The van der Waals surface area contributed by atoms with Gasteiger partial charge in [-0.25, -0.2) is 0 Å². The molecule has 1 saturated heterocycles. The maximum absolute atomic E-state index is 9.61. The van der Waals surface area contributed by atoms with Crippen LogP contribution >= 0.6 is 25.4 Å². The average Bonchev–Trinajstić information content (AvgIpc) is 2.64. The van der Waals surface area contributed by atoms with E-state index in [1.54, 1.807) is 6.07 Å². The van der Waals surface area contributed by atoms with Crippen molar-refractivity contribution in [3.63, 3.8) is 0 Å². The summed E-state index contributed by atoms with van der Waals surface area (Å²) in [5.41, 5.74) is 1.71. The van der Waals surface area contributed by atoms with E-state index in [-0.39, 0.29) is 28.6 Å². The molecule has 1 saturated carbocycles. The Balaban J connectivity index is 0.000000156. The Kier molecular flexibility index (Phi) is 10.2. The zero-order valence-corrected chi connectivity index (χ0v) is 20.1. The first-order valence-electron chi connectivity index (χ1n) is 8.64. The van der Waals surface area contributed by atoms with Crippen molar-refractivity contribution in [2.24, 2.45) is 5.92 Å². The molecule has 0 spiro atoms. The van der Waals surface area contributed by atoms with Crippen LogP contribution in [0.2, 0.25) is 0 Å². The van der Waals surface area contributed by atoms with Gasteiger partial charge < -0.3 is 20.8 Å². The van der Waals surface area contributed by atoms with Gasteiger partial charge in [0.2, 0.25) is 0 Å². The maximum atomic E-state index is 9.61. The Labute approximate surface area is 172 Å². The van der Waals surface area contributed by atoms with E-state index in [9.17, 15) is 10.2 Å². The van der Waals surface area contributed by atoms with Gasteiger partial charge in [-0.05, 0) is 18.1 Å². The van der Waals surface area contributed by atoms with Crippen LogP contribution in [0.5, 0.6) is 5.75 Å². The Hall–Kier alpha value is 0.239. The van der Waals surface area contributed by atoms with Crippen molar-refractivity contribution < 1.29 is 10.2 Å². The molecule has 0 amide bonds. The zero-order chi connectivity index (χ0) is 18.1. The minimum absolute atomic E-state index is 0.117. The van der Waals surface area contributed by atoms with Crippen molar-refractivity contribution in [1.82, 2.24) is 0 Å². The van der Waals surface area contributed by atoms with Crippen LogP contribution in [0.3, 0.4) is 0 Å². The second kappa shape index (κ2) is 11.8. The molecule has 3 unspecified atom stereocenters. The van der Waals surface area contributed by atoms with Crippen LogP contribution in [0.4, 0.5) is 5.69 Å². The predicted molar refractivity (Wildman–Crippen MR) is 113 cm³/mol. The van der Waals surface area contributed by atoms with E-state index in [0.717, 1.165) is 24.2 Å². The number of aliphatic hydroxyl groups excluding tert-OH is 1. The summed E-state index contributed by atoms with van der Waals surface area (Å²) in [6.07, 6.45) is 9.85. The molecule has 0 bridgehead atoms. The molecule has 2 N–H and O–H groups in total. The van der Waals surface area contributed by atoms with Gasteiger partial charge in [-0.1, -0.05) is 55.5 Å². The molecule has 1 aliphatic carbocycles. The van der Waals surface area contributed by atoms with Crippen LogP contribution in [-0.4, -0.2) is 52.1 Å². The van der Waals surface area contributed by atoms with Gasteiger partial charge in [-0.15, -0.1) is 25.2 Å². The summed E-state index contributed by atoms with van der Waals surface area (Å²) in [6, 6.07) is 5.72. The Morgan fingerprint density at radius 2 is 1.88 bits per heavy atom. The molecular formula is C18H24Br2N2O2Sn. The standard InChI is InChI=1S/C9H16NO.C9H8NO.2BrH.Sn/c2*11-8-5-1-3-7-4-2-6-10-9(7)8;;;/h7-9,11H,1-6H2;1-5,11H,6H2;2*1H;/q2*-1;;;+4/p-2. The number of hydrogen-bond donors (Lipinski definition) is 2. The summed E-state index contributed by atoms with van der Waals surface area (Å²) < 4.78 is 0. The fourth-order valence-corrected chi connectivity index (χ4v) is 3.60. The van der Waals surface area contributed by atoms with Crippen molar-refractivity contribution in [2.75, 3.05) is 13.1 Å². The summed E-state index contributed by atoms with van der Waals surface area (Å²) in [5.74, 6) is 0.986. The number of halogens is 2. The Morgan fingerprint density at radius 3 is 2.60 bits per heavy atom. The third kappa shape index (κ3) is 6.72. The number of piperidine rings is 1. The normalized spacial score (nSPS) is 26.3. The molecule has 2 heterocycles. The van der Waals surface area contributed by atoms with Gasteiger partial charge in [0.15, 0.2) is 0 Å². The molecule has 136 valence electrons. The van der Waals surface area contributed by atoms with Crippen molar-refractivity contribution in [1.29, 1.82) is 0 Å². The summed E-state index contributed by atoms with van der Waals surface area (Å²) in [7, 11) is 0. The molecule has 25 heavy (non-hydrogen) atoms. The van der Waals surface area contributed by atoms with E-state index in [4.69, 9.17) is 0 Å². The molecule has 4 rings (SSSR count). The van der Waals surface area contributed by atoms with Gasteiger partial charge in [0.25, 0.3) is 0 Å². The van der Waals surface area contributed by atoms with E-state index in [1.165, 1.54) is 25.7 Å². The van der Waals surface area contributed by atoms with Crippen molar-refractivity contribution >= 4 is 53.9 Å². The molecule has 3 atom stereocenters. The van der Waals surface area contributed by atoms with Gasteiger partial charge >= 0.3 is 42.1 Å². The number of phenolic OH excluding ortho intramolecular Hbond substituents is 1. The number of benzene rings is 1. The average molecular weight is 579 g/mol. The van der Waals surface area contributed by atoms with E-state index < -0.39 is 0 Å². The topological polar surface area (TPSA) is 68.7 Å². The summed E-state index contributed by atoms with van der Waals surface area (Å²) >= 11 is 6.32. The van der Waals surface area contributed by atoms with Crippen LogP contribution in [0.15, 0.2) is 24.3 Å². The fourth-order valence-electron chi connectivity index (χ4n) is 3.60. The van der Waals surface area contributed by atoms with Gasteiger partial charge in [0.1, 0.15) is 5.75 Å². The molecular weight excluding hydrogens is 555 g/mol.